The number of hydrogen-bond acceptors (Lipinski definition) is 3. The van der Waals surface area contributed by atoms with Crippen molar-refractivity contribution in [3.8, 4) is 0 Å². The third-order valence-corrected chi connectivity index (χ3v) is 3.85. The Morgan fingerprint density at radius 3 is 3.00 bits per heavy atom. The van der Waals surface area contributed by atoms with Crippen LogP contribution >= 0.6 is 0 Å². The standard InChI is InChI=1S/C15H19N3O2/c1-9-7-12(9)13-5-3-11(20-13)4-6-14(19)17-15-10(2)8-16-18-15/h3,5,8-9,12H,4,6-7H2,1-2H3,(H2,16,17,18,19). The Morgan fingerprint density at radius 2 is 2.35 bits per heavy atom. The largest absolute Gasteiger partial charge is 0.466 e. The SMILES string of the molecule is Cc1cn[nH]c1NC(=O)CCc1ccc(C2CC2C)o1. The van der Waals surface area contributed by atoms with Crippen molar-refractivity contribution >= 4 is 11.7 Å². The van der Waals surface area contributed by atoms with E-state index in [4.69, 9.17) is 4.42 Å². The minimum atomic E-state index is -0.0323. The summed E-state index contributed by atoms with van der Waals surface area (Å²) < 4.78 is 5.79. The van der Waals surface area contributed by atoms with E-state index in [1.807, 2.05) is 19.1 Å². The van der Waals surface area contributed by atoms with Crippen LogP contribution in [0.1, 0.15) is 42.8 Å². The number of H-pyrrole nitrogens is 1. The highest BCUT2D eigenvalue weighted by molar-refractivity contribution is 5.90. The molecule has 0 spiro atoms. The first-order valence-corrected chi connectivity index (χ1v) is 7.02. The summed E-state index contributed by atoms with van der Waals surface area (Å²) >= 11 is 0. The number of nitrogens with one attached hydrogen (secondary N) is 2. The van der Waals surface area contributed by atoms with Crippen molar-refractivity contribution in [3.63, 3.8) is 0 Å². The molecule has 5 nitrogen and oxygen atoms in total. The first-order chi connectivity index (χ1) is 9.63. The molecule has 0 radical (unpaired) electrons. The summed E-state index contributed by atoms with van der Waals surface area (Å²) in [5.41, 5.74) is 0.932. The van der Waals surface area contributed by atoms with Crippen LogP contribution in [0.4, 0.5) is 5.82 Å². The van der Waals surface area contributed by atoms with Crippen LogP contribution in [0, 0.1) is 12.8 Å². The van der Waals surface area contributed by atoms with Crippen LogP contribution in [-0.2, 0) is 11.2 Å². The highest BCUT2D eigenvalue weighted by Crippen LogP contribution is 2.47. The second kappa shape index (κ2) is 5.15. The molecular formula is C15H19N3O2. The van der Waals surface area contributed by atoms with Gasteiger partial charge in [0.05, 0.1) is 6.20 Å². The van der Waals surface area contributed by atoms with E-state index < -0.39 is 0 Å². The Hall–Kier alpha value is -2.04. The fraction of sp³-hybridized carbons (Fsp3) is 0.467. The smallest absolute Gasteiger partial charge is 0.225 e. The number of aromatic nitrogens is 2. The van der Waals surface area contributed by atoms with Crippen LogP contribution < -0.4 is 5.32 Å². The van der Waals surface area contributed by atoms with E-state index in [0.29, 0.717) is 24.6 Å². The van der Waals surface area contributed by atoms with Gasteiger partial charge in [0.2, 0.25) is 5.91 Å². The summed E-state index contributed by atoms with van der Waals surface area (Å²) in [5, 5.41) is 9.44. The molecule has 1 aliphatic carbocycles. The predicted octanol–water partition coefficient (Wildman–Crippen LogP) is 3.01. The molecule has 2 aromatic heterocycles. The van der Waals surface area contributed by atoms with E-state index in [1.54, 1.807) is 6.20 Å². The lowest BCUT2D eigenvalue weighted by Gasteiger charge is -2.02. The third-order valence-electron chi connectivity index (χ3n) is 3.85. The Labute approximate surface area is 117 Å². The van der Waals surface area contributed by atoms with Gasteiger partial charge in [0.1, 0.15) is 17.3 Å². The summed E-state index contributed by atoms with van der Waals surface area (Å²) in [6.07, 6.45) is 3.93. The number of anilines is 1. The molecule has 20 heavy (non-hydrogen) atoms. The van der Waals surface area contributed by atoms with E-state index in [-0.39, 0.29) is 5.91 Å². The average Bonchev–Trinajstić information content (AvgIpc) is 2.83. The highest BCUT2D eigenvalue weighted by atomic mass is 16.3. The first kappa shape index (κ1) is 13.0. The van der Waals surface area contributed by atoms with E-state index in [9.17, 15) is 4.79 Å². The molecule has 0 bridgehead atoms. The van der Waals surface area contributed by atoms with Crippen LogP contribution in [0.5, 0.6) is 0 Å². The summed E-state index contributed by atoms with van der Waals surface area (Å²) in [5.74, 6) is 3.91. The number of aryl methyl sites for hydroxylation is 2. The maximum absolute atomic E-state index is 11.8. The Bertz CT molecular complexity index is 614. The summed E-state index contributed by atoms with van der Waals surface area (Å²) in [6, 6.07) is 4.02. The molecular weight excluding hydrogens is 254 g/mol. The Kier molecular flexibility index (Phi) is 3.34. The second-order valence-electron chi connectivity index (χ2n) is 5.60. The maximum atomic E-state index is 11.8. The lowest BCUT2D eigenvalue weighted by atomic mass is 10.2. The fourth-order valence-electron chi connectivity index (χ4n) is 2.36. The van der Waals surface area contributed by atoms with Crippen LogP contribution in [-0.4, -0.2) is 16.1 Å². The minimum Gasteiger partial charge on any atom is -0.466 e. The van der Waals surface area contributed by atoms with Crippen molar-refractivity contribution in [1.29, 1.82) is 0 Å². The normalized spacial score (nSPS) is 20.9. The van der Waals surface area contributed by atoms with Crippen molar-refractivity contribution in [3.05, 3.63) is 35.4 Å². The minimum absolute atomic E-state index is 0.0323. The van der Waals surface area contributed by atoms with Crippen LogP contribution in [0.2, 0.25) is 0 Å². The summed E-state index contributed by atoms with van der Waals surface area (Å²) in [4.78, 5) is 11.8. The van der Waals surface area contributed by atoms with Crippen molar-refractivity contribution in [2.75, 3.05) is 5.32 Å². The number of nitrogens with zero attached hydrogens (tertiary/aromatic N) is 1. The van der Waals surface area contributed by atoms with E-state index >= 15 is 0 Å². The van der Waals surface area contributed by atoms with Gasteiger partial charge >= 0.3 is 0 Å². The number of hydrogen-bond donors (Lipinski definition) is 2. The van der Waals surface area contributed by atoms with Gasteiger partial charge < -0.3 is 9.73 Å². The molecule has 0 aromatic carbocycles. The van der Waals surface area contributed by atoms with Gasteiger partial charge in [0.25, 0.3) is 0 Å². The quantitative estimate of drug-likeness (QED) is 0.879. The van der Waals surface area contributed by atoms with Crippen LogP contribution in [0.3, 0.4) is 0 Å². The zero-order valence-electron chi connectivity index (χ0n) is 11.8. The Balaban J connectivity index is 1.50. The van der Waals surface area contributed by atoms with Gasteiger partial charge in [-0.2, -0.15) is 5.10 Å². The van der Waals surface area contributed by atoms with Crippen molar-refractivity contribution < 1.29 is 9.21 Å². The van der Waals surface area contributed by atoms with Crippen LogP contribution in [0.15, 0.2) is 22.7 Å². The van der Waals surface area contributed by atoms with Gasteiger partial charge in [-0.15, -0.1) is 0 Å². The number of furan rings is 1. The topological polar surface area (TPSA) is 70.9 Å². The van der Waals surface area contributed by atoms with Gasteiger partial charge in [-0.25, -0.2) is 0 Å². The first-order valence-electron chi connectivity index (χ1n) is 7.02. The average molecular weight is 273 g/mol. The predicted molar refractivity (Wildman–Crippen MR) is 75.5 cm³/mol. The molecule has 2 heterocycles. The van der Waals surface area contributed by atoms with Gasteiger partial charge in [0, 0.05) is 24.3 Å². The van der Waals surface area contributed by atoms with Gasteiger partial charge in [-0.1, -0.05) is 6.92 Å². The number of aromatic amines is 1. The van der Waals surface area contributed by atoms with Gasteiger partial charge in [-0.05, 0) is 31.4 Å². The number of amides is 1. The molecule has 1 fully saturated rings. The van der Waals surface area contributed by atoms with Crippen LogP contribution in [0.25, 0.3) is 0 Å². The summed E-state index contributed by atoms with van der Waals surface area (Å²) in [6.45, 7) is 4.13. The molecule has 0 aliphatic heterocycles. The van der Waals surface area contributed by atoms with E-state index in [1.165, 1.54) is 6.42 Å². The number of carbonyl (C=O) groups is 1. The lowest BCUT2D eigenvalue weighted by Crippen LogP contribution is -2.13. The third kappa shape index (κ3) is 2.76. The molecule has 2 aromatic rings. The van der Waals surface area contributed by atoms with Crippen molar-refractivity contribution in [1.82, 2.24) is 10.2 Å². The van der Waals surface area contributed by atoms with E-state index in [2.05, 4.69) is 22.4 Å². The fourth-order valence-corrected chi connectivity index (χ4v) is 2.36. The molecule has 106 valence electrons. The highest BCUT2D eigenvalue weighted by Gasteiger charge is 2.36. The monoisotopic (exact) mass is 273 g/mol. The molecule has 2 unspecified atom stereocenters. The van der Waals surface area contributed by atoms with Crippen molar-refractivity contribution in [2.24, 2.45) is 5.92 Å². The van der Waals surface area contributed by atoms with E-state index in [0.717, 1.165) is 23.0 Å². The molecule has 1 amide bonds. The molecule has 1 saturated carbocycles. The molecule has 2 atom stereocenters. The molecule has 3 rings (SSSR count). The molecule has 5 heteroatoms. The van der Waals surface area contributed by atoms with Gasteiger partial charge in [0.15, 0.2) is 0 Å². The number of carbonyl (C=O) groups excluding carboxylic acids is 1. The molecule has 2 N–H and O–H groups in total. The molecule has 1 aliphatic rings. The van der Waals surface area contributed by atoms with Gasteiger partial charge in [-0.3, -0.25) is 9.89 Å². The molecule has 0 saturated heterocycles. The van der Waals surface area contributed by atoms with Crippen molar-refractivity contribution in [2.45, 2.75) is 39.0 Å². The maximum Gasteiger partial charge on any atom is 0.225 e. The lowest BCUT2D eigenvalue weighted by molar-refractivity contribution is -0.116. The zero-order valence-corrected chi connectivity index (χ0v) is 11.8. The number of rotatable bonds is 5. The second-order valence-corrected chi connectivity index (χ2v) is 5.60. The summed E-state index contributed by atoms with van der Waals surface area (Å²) in [7, 11) is 0. The zero-order chi connectivity index (χ0) is 14.1. The Morgan fingerprint density at radius 1 is 1.55 bits per heavy atom.